The van der Waals surface area contributed by atoms with Crippen LogP contribution in [0.15, 0.2) is 34.3 Å². The SMILES string of the molecule is C(=Nc1c(C2CCC2)cc(C2CCC2)cc1C1CCC1)=Nc1c(C2CCC2)cc(C2CCC2)cc1C1CCC1. The molecule has 0 N–H and O–H groups in total. The van der Waals surface area contributed by atoms with Crippen LogP contribution in [0.3, 0.4) is 0 Å². The molecule has 0 aliphatic heterocycles. The van der Waals surface area contributed by atoms with E-state index in [2.05, 4.69) is 30.3 Å². The van der Waals surface area contributed by atoms with Crippen molar-refractivity contribution in [1.29, 1.82) is 0 Å². The van der Waals surface area contributed by atoms with Crippen molar-refractivity contribution in [2.75, 3.05) is 0 Å². The summed E-state index contributed by atoms with van der Waals surface area (Å²) in [6, 6.07) is 13.7. The number of hydrogen-bond donors (Lipinski definition) is 0. The van der Waals surface area contributed by atoms with Crippen molar-refractivity contribution in [2.45, 2.75) is 151 Å². The van der Waals surface area contributed by atoms with E-state index < -0.39 is 0 Å². The zero-order valence-electron chi connectivity index (χ0n) is 23.9. The Morgan fingerprint density at radius 1 is 0.385 bits per heavy atom. The minimum absolute atomic E-state index is 0.697. The van der Waals surface area contributed by atoms with Gasteiger partial charge in [0.25, 0.3) is 0 Å². The van der Waals surface area contributed by atoms with E-state index in [0.29, 0.717) is 23.7 Å². The Balaban J connectivity index is 1.22. The Kier molecular flexibility index (Phi) is 6.52. The molecule has 39 heavy (non-hydrogen) atoms. The molecule has 2 heteroatoms. The molecule has 0 bridgehead atoms. The summed E-state index contributed by atoms with van der Waals surface area (Å²) in [7, 11) is 0. The minimum Gasteiger partial charge on any atom is -0.187 e. The molecule has 0 aromatic heterocycles. The molecule has 0 unspecified atom stereocenters. The number of nitrogens with zero attached hydrogens (tertiary/aromatic N) is 2. The Hall–Kier alpha value is -2.18. The van der Waals surface area contributed by atoms with Crippen molar-refractivity contribution in [3.63, 3.8) is 0 Å². The molecule has 0 amide bonds. The standard InChI is InChI=1S/C37H46N2/c1-7-24(8-1)30-19-32(26-11-3-12-26)36(33(20-30)27-13-4-14-27)38-23-39-37-34(28-15-5-16-28)21-31(25-9-2-10-25)22-35(37)29-17-6-18-29/h19-22,24-29H,1-18H2. The number of benzene rings is 2. The van der Waals surface area contributed by atoms with Gasteiger partial charge in [-0.15, -0.1) is 0 Å². The lowest BCUT2D eigenvalue weighted by Gasteiger charge is -2.35. The van der Waals surface area contributed by atoms with Crippen molar-refractivity contribution in [3.05, 3.63) is 57.6 Å². The second-order valence-electron chi connectivity index (χ2n) is 14.2. The summed E-state index contributed by atoms with van der Waals surface area (Å²) in [5.41, 5.74) is 11.9. The van der Waals surface area contributed by atoms with E-state index in [1.54, 1.807) is 11.1 Å². The van der Waals surface area contributed by atoms with Crippen molar-refractivity contribution in [3.8, 4) is 0 Å². The maximum absolute atomic E-state index is 5.21. The van der Waals surface area contributed by atoms with Gasteiger partial charge in [-0.2, -0.15) is 9.98 Å². The second kappa shape index (κ2) is 10.3. The molecule has 0 saturated heterocycles. The second-order valence-corrected chi connectivity index (χ2v) is 14.2. The summed E-state index contributed by atoms with van der Waals surface area (Å²) in [4.78, 5) is 10.4. The van der Waals surface area contributed by atoms with E-state index in [1.807, 2.05) is 0 Å². The highest BCUT2D eigenvalue weighted by molar-refractivity contribution is 5.69. The first-order valence-electron chi connectivity index (χ1n) is 16.8. The van der Waals surface area contributed by atoms with Crippen LogP contribution in [0.4, 0.5) is 11.4 Å². The van der Waals surface area contributed by atoms with Gasteiger partial charge in [-0.3, -0.25) is 0 Å². The third-order valence-electron chi connectivity index (χ3n) is 12.0. The van der Waals surface area contributed by atoms with Crippen LogP contribution in [0.5, 0.6) is 0 Å². The quantitative estimate of drug-likeness (QED) is 0.310. The monoisotopic (exact) mass is 518 g/mol. The average molecular weight is 519 g/mol. The van der Waals surface area contributed by atoms with Crippen LogP contribution in [0.2, 0.25) is 0 Å². The molecule has 2 aromatic rings. The first-order chi connectivity index (χ1) is 19.3. The van der Waals surface area contributed by atoms with E-state index in [9.17, 15) is 0 Å². The van der Waals surface area contributed by atoms with Crippen LogP contribution in [0, 0.1) is 0 Å². The highest BCUT2D eigenvalue weighted by Gasteiger charge is 2.33. The normalized spacial score (nSPS) is 24.4. The number of rotatable bonds is 8. The van der Waals surface area contributed by atoms with E-state index in [1.165, 1.54) is 149 Å². The van der Waals surface area contributed by atoms with Gasteiger partial charge < -0.3 is 0 Å². The molecule has 2 nitrogen and oxygen atoms in total. The van der Waals surface area contributed by atoms with Crippen molar-refractivity contribution in [2.24, 2.45) is 9.98 Å². The van der Waals surface area contributed by atoms with Gasteiger partial charge in [0, 0.05) is 0 Å². The van der Waals surface area contributed by atoms with Gasteiger partial charge in [0.15, 0.2) is 0 Å². The van der Waals surface area contributed by atoms with Gasteiger partial charge in [-0.05, 0) is 146 Å². The van der Waals surface area contributed by atoms with Gasteiger partial charge in [0.05, 0.1) is 11.4 Å². The highest BCUT2D eigenvalue weighted by atomic mass is 14.8. The van der Waals surface area contributed by atoms with Gasteiger partial charge in [0.2, 0.25) is 0 Å². The Morgan fingerprint density at radius 2 is 0.641 bits per heavy atom. The number of hydrogen-bond acceptors (Lipinski definition) is 2. The minimum atomic E-state index is 0.697. The summed E-state index contributed by atoms with van der Waals surface area (Å²) in [6.07, 6.45) is 24.5. The van der Waals surface area contributed by atoms with E-state index in [4.69, 9.17) is 9.98 Å². The van der Waals surface area contributed by atoms with E-state index in [0.717, 1.165) is 11.8 Å². The largest absolute Gasteiger partial charge is 0.187 e. The fourth-order valence-corrected chi connectivity index (χ4v) is 7.87. The Morgan fingerprint density at radius 3 is 0.846 bits per heavy atom. The van der Waals surface area contributed by atoms with Crippen LogP contribution in [0.25, 0.3) is 0 Å². The predicted octanol–water partition coefficient (Wildman–Crippen LogP) is 11.4. The van der Waals surface area contributed by atoms with Crippen LogP contribution >= 0.6 is 0 Å². The molecule has 6 fully saturated rings. The first kappa shape index (κ1) is 24.6. The Bertz CT molecular complexity index is 1120. The summed E-state index contributed by atoms with van der Waals surface area (Å²) < 4.78 is 0. The van der Waals surface area contributed by atoms with Crippen LogP contribution < -0.4 is 0 Å². The number of aliphatic imine (C=N–C) groups is 2. The van der Waals surface area contributed by atoms with Crippen molar-refractivity contribution < 1.29 is 0 Å². The molecule has 6 saturated carbocycles. The summed E-state index contributed by atoms with van der Waals surface area (Å²) >= 11 is 0. The van der Waals surface area contributed by atoms with Crippen LogP contribution in [-0.2, 0) is 0 Å². The molecule has 2 aromatic carbocycles. The Labute approximate surface area is 235 Å². The molecule has 0 spiro atoms. The maximum atomic E-state index is 5.21. The van der Waals surface area contributed by atoms with Crippen molar-refractivity contribution in [1.82, 2.24) is 0 Å². The fourth-order valence-electron chi connectivity index (χ4n) is 7.87. The topological polar surface area (TPSA) is 24.7 Å². The van der Waals surface area contributed by atoms with Crippen molar-refractivity contribution >= 4 is 17.4 Å². The summed E-state index contributed by atoms with van der Waals surface area (Å²) in [5.74, 6) is 4.37. The van der Waals surface area contributed by atoms with Gasteiger partial charge in [-0.1, -0.05) is 62.8 Å². The summed E-state index contributed by atoms with van der Waals surface area (Å²) in [6.45, 7) is 0. The van der Waals surface area contributed by atoms with Crippen LogP contribution in [0.1, 0.15) is 184 Å². The molecule has 0 radical (unpaired) electrons. The van der Waals surface area contributed by atoms with Gasteiger partial charge in [-0.25, -0.2) is 0 Å². The third kappa shape index (κ3) is 4.46. The summed E-state index contributed by atoms with van der Waals surface area (Å²) in [5, 5.41) is 0. The molecule has 6 aliphatic rings. The lowest BCUT2D eigenvalue weighted by atomic mass is 9.71. The lowest BCUT2D eigenvalue weighted by Crippen LogP contribution is -2.17. The average Bonchev–Trinajstić information content (AvgIpc) is 2.69. The first-order valence-corrected chi connectivity index (χ1v) is 16.8. The van der Waals surface area contributed by atoms with Gasteiger partial charge >= 0.3 is 0 Å². The molecular formula is C37H46N2. The molecule has 0 atom stereocenters. The smallest absolute Gasteiger partial charge is 0.101 e. The van der Waals surface area contributed by atoms with Gasteiger partial charge in [0.1, 0.15) is 6.01 Å². The van der Waals surface area contributed by atoms with E-state index >= 15 is 0 Å². The predicted molar refractivity (Wildman–Crippen MR) is 162 cm³/mol. The zero-order valence-corrected chi connectivity index (χ0v) is 23.9. The lowest BCUT2D eigenvalue weighted by molar-refractivity contribution is 0.400. The highest BCUT2D eigenvalue weighted by Crippen LogP contribution is 2.52. The molecule has 0 heterocycles. The molecular weight excluding hydrogens is 472 g/mol. The molecule has 8 rings (SSSR count). The molecule has 204 valence electrons. The maximum Gasteiger partial charge on any atom is 0.101 e. The third-order valence-corrected chi connectivity index (χ3v) is 12.0. The molecule has 6 aliphatic carbocycles. The van der Waals surface area contributed by atoms with E-state index in [-0.39, 0.29) is 0 Å². The van der Waals surface area contributed by atoms with Crippen LogP contribution in [-0.4, -0.2) is 6.01 Å². The zero-order chi connectivity index (χ0) is 25.8. The fraction of sp³-hybridized carbons (Fsp3) is 0.649.